The third-order valence-electron chi connectivity index (χ3n) is 6.26. The maximum absolute atomic E-state index is 14.6. The summed E-state index contributed by atoms with van der Waals surface area (Å²) in [5.41, 5.74) is 5.61. The number of benzene rings is 3. The number of halogens is 1. The normalized spacial score (nSPS) is 11.3. The molecule has 0 aliphatic carbocycles. The fourth-order valence-corrected chi connectivity index (χ4v) is 4.34. The Hall–Kier alpha value is -3.24. The number of unbranched alkanes of at least 4 members (excludes halogenated alkanes) is 1. The lowest BCUT2D eigenvalue weighted by Crippen LogP contribution is -2.24. The van der Waals surface area contributed by atoms with Gasteiger partial charge in [0.15, 0.2) is 0 Å². The molecule has 3 nitrogen and oxygen atoms in total. The van der Waals surface area contributed by atoms with Crippen LogP contribution in [0.1, 0.15) is 49.1 Å². The van der Waals surface area contributed by atoms with Crippen molar-refractivity contribution in [3.05, 3.63) is 113 Å². The van der Waals surface area contributed by atoms with E-state index >= 15 is 0 Å². The van der Waals surface area contributed by atoms with Crippen LogP contribution in [0.25, 0.3) is 11.4 Å². The zero-order valence-corrected chi connectivity index (χ0v) is 20.3. The summed E-state index contributed by atoms with van der Waals surface area (Å²) < 4.78 is 16.8. The highest BCUT2D eigenvalue weighted by Crippen LogP contribution is 2.25. The quantitative estimate of drug-likeness (QED) is 0.237. The minimum Gasteiger partial charge on any atom is -0.327 e. The standard InChI is InChI=1S/C30H34FN3/c1-3-5-19-34-27(20-32-30(34)28-13-9-10-14-29(28)31)23-33(21-25-11-7-6-8-12-25)22-26-17-15-24(4-2)16-18-26/h6-18,20H,3-5,19,21-23H2,1-2H3. The molecular weight excluding hydrogens is 421 g/mol. The van der Waals surface area contributed by atoms with Gasteiger partial charge in [0.1, 0.15) is 11.6 Å². The molecule has 4 heteroatoms. The van der Waals surface area contributed by atoms with Gasteiger partial charge in [-0.3, -0.25) is 4.90 Å². The lowest BCUT2D eigenvalue weighted by Gasteiger charge is -2.24. The van der Waals surface area contributed by atoms with Crippen molar-refractivity contribution >= 4 is 0 Å². The first-order valence-corrected chi connectivity index (χ1v) is 12.3. The van der Waals surface area contributed by atoms with Gasteiger partial charge >= 0.3 is 0 Å². The SMILES string of the molecule is CCCCn1c(CN(Cc2ccccc2)Cc2ccc(CC)cc2)cnc1-c1ccccc1F. The summed E-state index contributed by atoms with van der Waals surface area (Å²) in [5.74, 6) is 0.489. The van der Waals surface area contributed by atoms with Crippen molar-refractivity contribution < 1.29 is 4.39 Å². The summed E-state index contributed by atoms with van der Waals surface area (Å²) in [5, 5.41) is 0. The van der Waals surface area contributed by atoms with E-state index < -0.39 is 0 Å². The molecule has 4 rings (SSSR count). The Bertz CT molecular complexity index is 1170. The fourth-order valence-electron chi connectivity index (χ4n) is 4.34. The molecule has 0 saturated carbocycles. The van der Waals surface area contributed by atoms with Crippen molar-refractivity contribution in [2.45, 2.75) is 59.3 Å². The lowest BCUT2D eigenvalue weighted by molar-refractivity contribution is 0.241. The van der Waals surface area contributed by atoms with E-state index in [0.29, 0.717) is 11.4 Å². The van der Waals surface area contributed by atoms with Crippen LogP contribution in [0.4, 0.5) is 4.39 Å². The molecule has 0 fully saturated rings. The summed E-state index contributed by atoms with van der Waals surface area (Å²) in [6.07, 6.45) is 5.08. The van der Waals surface area contributed by atoms with Gasteiger partial charge in [-0.15, -0.1) is 0 Å². The van der Waals surface area contributed by atoms with E-state index in [2.05, 4.69) is 82.9 Å². The molecule has 1 aromatic heterocycles. The van der Waals surface area contributed by atoms with E-state index in [4.69, 9.17) is 0 Å². The van der Waals surface area contributed by atoms with Crippen molar-refractivity contribution in [2.75, 3.05) is 0 Å². The number of hydrogen-bond acceptors (Lipinski definition) is 2. The van der Waals surface area contributed by atoms with Crippen LogP contribution in [0, 0.1) is 5.82 Å². The molecular formula is C30H34FN3. The van der Waals surface area contributed by atoms with E-state index in [1.54, 1.807) is 6.07 Å². The highest BCUT2D eigenvalue weighted by Gasteiger charge is 2.17. The van der Waals surface area contributed by atoms with Gasteiger partial charge < -0.3 is 4.57 Å². The van der Waals surface area contributed by atoms with E-state index in [1.807, 2.05) is 18.3 Å². The van der Waals surface area contributed by atoms with Crippen molar-refractivity contribution in [1.82, 2.24) is 14.5 Å². The molecule has 0 aliphatic heterocycles. The second-order valence-corrected chi connectivity index (χ2v) is 8.86. The maximum atomic E-state index is 14.6. The molecule has 0 spiro atoms. The smallest absolute Gasteiger partial charge is 0.143 e. The average molecular weight is 456 g/mol. The third kappa shape index (κ3) is 6.00. The Balaban J connectivity index is 1.64. The molecule has 1 heterocycles. The zero-order valence-electron chi connectivity index (χ0n) is 20.3. The molecule has 0 radical (unpaired) electrons. The van der Waals surface area contributed by atoms with Gasteiger partial charge in [0, 0.05) is 26.2 Å². The van der Waals surface area contributed by atoms with Crippen LogP contribution in [0.5, 0.6) is 0 Å². The van der Waals surface area contributed by atoms with Gasteiger partial charge in [-0.1, -0.05) is 87.0 Å². The van der Waals surface area contributed by atoms with Crippen molar-refractivity contribution in [1.29, 1.82) is 0 Å². The number of aryl methyl sites for hydroxylation is 1. The molecule has 0 bridgehead atoms. The number of hydrogen-bond donors (Lipinski definition) is 0. The number of rotatable bonds is 11. The zero-order chi connectivity index (χ0) is 23.8. The monoisotopic (exact) mass is 455 g/mol. The molecule has 34 heavy (non-hydrogen) atoms. The first-order chi connectivity index (χ1) is 16.7. The van der Waals surface area contributed by atoms with Crippen LogP contribution in [-0.4, -0.2) is 14.5 Å². The minimum absolute atomic E-state index is 0.227. The van der Waals surface area contributed by atoms with Crippen LogP contribution in [-0.2, 0) is 32.6 Å². The van der Waals surface area contributed by atoms with Gasteiger partial charge in [-0.25, -0.2) is 9.37 Å². The van der Waals surface area contributed by atoms with Crippen LogP contribution >= 0.6 is 0 Å². The Morgan fingerprint density at radius 3 is 2.09 bits per heavy atom. The van der Waals surface area contributed by atoms with E-state index in [1.165, 1.54) is 22.8 Å². The molecule has 0 N–H and O–H groups in total. The van der Waals surface area contributed by atoms with Crippen LogP contribution in [0.15, 0.2) is 85.1 Å². The fraction of sp³-hybridized carbons (Fsp3) is 0.300. The molecule has 3 aromatic carbocycles. The van der Waals surface area contributed by atoms with Crippen LogP contribution < -0.4 is 0 Å². The van der Waals surface area contributed by atoms with Crippen molar-refractivity contribution in [3.8, 4) is 11.4 Å². The molecule has 0 saturated heterocycles. The summed E-state index contributed by atoms with van der Waals surface area (Å²) in [6, 6.07) is 26.4. The highest BCUT2D eigenvalue weighted by atomic mass is 19.1. The minimum atomic E-state index is -0.227. The molecule has 0 amide bonds. The predicted molar refractivity (Wildman–Crippen MR) is 138 cm³/mol. The maximum Gasteiger partial charge on any atom is 0.143 e. The first-order valence-electron chi connectivity index (χ1n) is 12.3. The lowest BCUT2D eigenvalue weighted by atomic mass is 10.1. The topological polar surface area (TPSA) is 21.1 Å². The molecule has 4 aromatic rings. The van der Waals surface area contributed by atoms with Crippen LogP contribution in [0.2, 0.25) is 0 Å². The summed E-state index contributed by atoms with van der Waals surface area (Å²) in [6.45, 7) is 7.62. The molecule has 176 valence electrons. The Morgan fingerprint density at radius 2 is 1.41 bits per heavy atom. The summed E-state index contributed by atoms with van der Waals surface area (Å²) in [7, 11) is 0. The Kier molecular flexibility index (Phi) is 8.26. The Morgan fingerprint density at radius 1 is 0.765 bits per heavy atom. The largest absolute Gasteiger partial charge is 0.327 e. The van der Waals surface area contributed by atoms with E-state index in [-0.39, 0.29) is 5.82 Å². The van der Waals surface area contributed by atoms with Crippen molar-refractivity contribution in [2.24, 2.45) is 0 Å². The van der Waals surface area contributed by atoms with E-state index in [9.17, 15) is 4.39 Å². The highest BCUT2D eigenvalue weighted by molar-refractivity contribution is 5.57. The first kappa shape index (κ1) is 23.9. The van der Waals surface area contributed by atoms with Gasteiger partial charge in [-0.05, 0) is 41.7 Å². The molecule has 0 atom stereocenters. The number of aromatic nitrogens is 2. The van der Waals surface area contributed by atoms with Gasteiger partial charge in [0.25, 0.3) is 0 Å². The van der Waals surface area contributed by atoms with Gasteiger partial charge in [-0.2, -0.15) is 0 Å². The van der Waals surface area contributed by atoms with Gasteiger partial charge in [0.05, 0.1) is 17.5 Å². The molecule has 0 aliphatic rings. The van der Waals surface area contributed by atoms with Crippen molar-refractivity contribution in [3.63, 3.8) is 0 Å². The number of nitrogens with zero attached hydrogens (tertiary/aromatic N) is 3. The number of imidazole rings is 1. The molecule has 0 unspecified atom stereocenters. The second kappa shape index (κ2) is 11.8. The van der Waals surface area contributed by atoms with E-state index in [0.717, 1.165) is 51.1 Å². The predicted octanol–water partition coefficient (Wildman–Crippen LogP) is 7.25. The van der Waals surface area contributed by atoms with Crippen LogP contribution in [0.3, 0.4) is 0 Å². The van der Waals surface area contributed by atoms with Gasteiger partial charge in [0.2, 0.25) is 0 Å². The summed E-state index contributed by atoms with van der Waals surface area (Å²) >= 11 is 0. The second-order valence-electron chi connectivity index (χ2n) is 8.86. The summed E-state index contributed by atoms with van der Waals surface area (Å²) in [4.78, 5) is 7.13. The Labute approximate surface area is 202 Å². The third-order valence-corrected chi connectivity index (χ3v) is 6.26. The average Bonchev–Trinajstić information content (AvgIpc) is 3.26.